The fourth-order valence-corrected chi connectivity index (χ4v) is 3.00. The molecule has 0 aliphatic carbocycles. The lowest BCUT2D eigenvalue weighted by molar-refractivity contribution is 0.252. The van der Waals surface area contributed by atoms with E-state index in [-0.39, 0.29) is 6.03 Å². The van der Waals surface area contributed by atoms with Gasteiger partial charge < -0.3 is 24.7 Å². The van der Waals surface area contributed by atoms with Gasteiger partial charge in [-0.05, 0) is 31.0 Å². The Kier molecular flexibility index (Phi) is 5.80. The number of carbonyl (C=O) groups excluding carboxylic acids is 1. The molecular formula is C20H24N4O3. The molecule has 2 aromatic heterocycles. The summed E-state index contributed by atoms with van der Waals surface area (Å²) >= 11 is 0. The van der Waals surface area contributed by atoms with E-state index in [1.807, 2.05) is 6.07 Å². The summed E-state index contributed by atoms with van der Waals surface area (Å²) in [5.41, 5.74) is 2.75. The van der Waals surface area contributed by atoms with Gasteiger partial charge in [-0.25, -0.2) is 9.78 Å². The highest BCUT2D eigenvalue weighted by Gasteiger charge is 2.09. The van der Waals surface area contributed by atoms with Crippen molar-refractivity contribution in [2.75, 3.05) is 26.1 Å². The van der Waals surface area contributed by atoms with Gasteiger partial charge in [0, 0.05) is 54.8 Å². The third kappa shape index (κ3) is 4.31. The zero-order valence-electron chi connectivity index (χ0n) is 15.8. The lowest BCUT2D eigenvalue weighted by Crippen LogP contribution is -2.30. The van der Waals surface area contributed by atoms with Crippen LogP contribution in [0.5, 0.6) is 11.5 Å². The number of rotatable bonds is 7. The molecule has 2 heterocycles. The van der Waals surface area contributed by atoms with Crippen LogP contribution >= 0.6 is 0 Å². The quantitative estimate of drug-likeness (QED) is 0.670. The summed E-state index contributed by atoms with van der Waals surface area (Å²) < 4.78 is 12.5. The molecule has 0 bridgehead atoms. The number of aromatic nitrogens is 2. The minimum absolute atomic E-state index is 0.275. The molecule has 0 fully saturated rings. The van der Waals surface area contributed by atoms with Gasteiger partial charge in [-0.1, -0.05) is 0 Å². The van der Waals surface area contributed by atoms with Crippen LogP contribution in [0.1, 0.15) is 12.5 Å². The summed E-state index contributed by atoms with van der Waals surface area (Å²) in [5.74, 6) is 1.23. The summed E-state index contributed by atoms with van der Waals surface area (Å²) in [6, 6.07) is 8.95. The number of methoxy groups -OCH3 is 2. The van der Waals surface area contributed by atoms with Gasteiger partial charge in [0.05, 0.1) is 14.2 Å². The molecule has 0 aliphatic rings. The number of aryl methyl sites for hydroxylation is 1. The second-order valence-corrected chi connectivity index (χ2v) is 6.05. The average molecular weight is 368 g/mol. The molecule has 2 amide bonds. The third-order valence-corrected chi connectivity index (χ3v) is 4.35. The Balaban J connectivity index is 1.61. The number of nitrogens with zero attached hydrogens (tertiary/aromatic N) is 2. The standard InChI is InChI=1S/C20H24N4O3/c1-4-24-13-14(18-6-5-8-21-19(18)24)7-9-22-20(25)23-15-10-16(26-2)12-17(11-15)27-3/h5-6,8,10-13H,4,7,9H2,1-3H3,(H2,22,23,25). The van der Waals surface area contributed by atoms with E-state index in [0.717, 1.165) is 24.0 Å². The van der Waals surface area contributed by atoms with E-state index in [1.54, 1.807) is 38.6 Å². The van der Waals surface area contributed by atoms with Gasteiger partial charge in [-0.3, -0.25) is 0 Å². The van der Waals surface area contributed by atoms with Crippen LogP contribution in [0.2, 0.25) is 0 Å². The molecule has 0 spiro atoms. The van der Waals surface area contributed by atoms with E-state index in [2.05, 4.69) is 39.4 Å². The second-order valence-electron chi connectivity index (χ2n) is 6.05. The summed E-state index contributed by atoms with van der Waals surface area (Å²) in [7, 11) is 3.14. The average Bonchev–Trinajstić information content (AvgIpc) is 3.05. The van der Waals surface area contributed by atoms with Crippen molar-refractivity contribution in [3.63, 3.8) is 0 Å². The largest absolute Gasteiger partial charge is 0.497 e. The summed E-state index contributed by atoms with van der Waals surface area (Å²) in [5, 5.41) is 6.81. The Morgan fingerprint density at radius 1 is 1.19 bits per heavy atom. The second kappa shape index (κ2) is 8.44. The number of fused-ring (bicyclic) bond motifs is 1. The van der Waals surface area contributed by atoms with Gasteiger partial charge in [-0.2, -0.15) is 0 Å². The highest BCUT2D eigenvalue weighted by Crippen LogP contribution is 2.25. The number of hydrogen-bond donors (Lipinski definition) is 2. The van der Waals surface area contributed by atoms with Crippen LogP contribution in [-0.2, 0) is 13.0 Å². The maximum Gasteiger partial charge on any atom is 0.319 e. The molecule has 0 saturated carbocycles. The lowest BCUT2D eigenvalue weighted by atomic mass is 10.1. The topological polar surface area (TPSA) is 77.4 Å². The number of hydrogen-bond acceptors (Lipinski definition) is 4. The molecule has 0 radical (unpaired) electrons. The van der Waals surface area contributed by atoms with Crippen LogP contribution in [0.3, 0.4) is 0 Å². The van der Waals surface area contributed by atoms with Gasteiger partial charge in [0.15, 0.2) is 0 Å². The Morgan fingerprint density at radius 2 is 1.93 bits per heavy atom. The predicted molar refractivity (Wildman–Crippen MR) is 106 cm³/mol. The van der Waals surface area contributed by atoms with E-state index < -0.39 is 0 Å². The fourth-order valence-electron chi connectivity index (χ4n) is 3.00. The van der Waals surface area contributed by atoms with E-state index in [9.17, 15) is 4.79 Å². The van der Waals surface area contributed by atoms with Crippen molar-refractivity contribution in [2.24, 2.45) is 0 Å². The molecule has 7 nitrogen and oxygen atoms in total. The van der Waals surface area contributed by atoms with Crippen LogP contribution in [-0.4, -0.2) is 36.3 Å². The first-order valence-electron chi connectivity index (χ1n) is 8.85. The normalized spacial score (nSPS) is 10.6. The van der Waals surface area contributed by atoms with Crippen molar-refractivity contribution in [3.05, 3.63) is 48.3 Å². The molecule has 0 unspecified atom stereocenters. The van der Waals surface area contributed by atoms with Crippen molar-refractivity contribution in [1.29, 1.82) is 0 Å². The molecular weight excluding hydrogens is 344 g/mol. The van der Waals surface area contributed by atoms with Crippen molar-refractivity contribution in [3.8, 4) is 11.5 Å². The SMILES string of the molecule is CCn1cc(CCNC(=O)Nc2cc(OC)cc(OC)c2)c2cccnc21. The number of anilines is 1. The number of benzene rings is 1. The van der Waals surface area contributed by atoms with Gasteiger partial charge in [0.25, 0.3) is 0 Å². The highest BCUT2D eigenvalue weighted by molar-refractivity contribution is 5.89. The molecule has 27 heavy (non-hydrogen) atoms. The molecule has 3 rings (SSSR count). The summed E-state index contributed by atoms with van der Waals surface area (Å²) in [6.45, 7) is 3.47. The maximum absolute atomic E-state index is 12.2. The number of carbonyl (C=O) groups is 1. The molecule has 3 aromatic rings. The van der Waals surface area contributed by atoms with Gasteiger partial charge in [-0.15, -0.1) is 0 Å². The smallest absolute Gasteiger partial charge is 0.319 e. The molecule has 1 aromatic carbocycles. The Hall–Kier alpha value is -3.22. The van der Waals surface area contributed by atoms with Crippen LogP contribution in [0.25, 0.3) is 11.0 Å². The first-order valence-corrected chi connectivity index (χ1v) is 8.85. The zero-order chi connectivity index (χ0) is 19.2. The van der Waals surface area contributed by atoms with E-state index in [4.69, 9.17) is 9.47 Å². The third-order valence-electron chi connectivity index (χ3n) is 4.35. The number of pyridine rings is 1. The monoisotopic (exact) mass is 368 g/mol. The van der Waals surface area contributed by atoms with Crippen LogP contribution in [0.15, 0.2) is 42.7 Å². The van der Waals surface area contributed by atoms with Gasteiger partial charge >= 0.3 is 6.03 Å². The summed E-state index contributed by atoms with van der Waals surface area (Å²) in [6.07, 6.45) is 4.63. The Labute approximate surface area is 158 Å². The van der Waals surface area contributed by atoms with Crippen LogP contribution < -0.4 is 20.1 Å². The van der Waals surface area contributed by atoms with Crippen molar-refractivity contribution < 1.29 is 14.3 Å². The van der Waals surface area contributed by atoms with Crippen molar-refractivity contribution in [2.45, 2.75) is 19.9 Å². The van der Waals surface area contributed by atoms with Gasteiger partial charge in [0.2, 0.25) is 0 Å². The first kappa shape index (κ1) is 18.6. The van der Waals surface area contributed by atoms with Gasteiger partial charge in [0.1, 0.15) is 17.1 Å². The Bertz CT molecular complexity index is 914. The fraction of sp³-hybridized carbons (Fsp3) is 0.300. The highest BCUT2D eigenvalue weighted by atomic mass is 16.5. The number of nitrogens with one attached hydrogen (secondary N) is 2. The molecule has 7 heteroatoms. The minimum Gasteiger partial charge on any atom is -0.497 e. The van der Waals surface area contributed by atoms with Crippen LogP contribution in [0.4, 0.5) is 10.5 Å². The number of amides is 2. The van der Waals surface area contributed by atoms with E-state index in [1.165, 1.54) is 5.56 Å². The molecule has 142 valence electrons. The molecule has 0 aliphatic heterocycles. The molecule has 0 saturated heterocycles. The minimum atomic E-state index is -0.275. The zero-order valence-corrected chi connectivity index (χ0v) is 15.8. The Morgan fingerprint density at radius 3 is 2.59 bits per heavy atom. The maximum atomic E-state index is 12.2. The number of ether oxygens (including phenoxy) is 2. The van der Waals surface area contributed by atoms with E-state index >= 15 is 0 Å². The van der Waals surface area contributed by atoms with Crippen molar-refractivity contribution >= 4 is 22.8 Å². The molecule has 2 N–H and O–H groups in total. The first-order chi connectivity index (χ1) is 13.1. The van der Waals surface area contributed by atoms with E-state index in [0.29, 0.717) is 23.7 Å². The summed E-state index contributed by atoms with van der Waals surface area (Å²) in [4.78, 5) is 16.6. The lowest BCUT2D eigenvalue weighted by Gasteiger charge is -2.10. The number of urea groups is 1. The molecule has 0 atom stereocenters. The predicted octanol–water partition coefficient (Wildman–Crippen LogP) is 3.44. The van der Waals surface area contributed by atoms with Crippen molar-refractivity contribution in [1.82, 2.24) is 14.9 Å². The van der Waals surface area contributed by atoms with Crippen LogP contribution in [0, 0.1) is 0 Å².